The molecule has 2 nitrogen and oxygen atoms in total. The molecule has 0 saturated carbocycles. The summed E-state index contributed by atoms with van der Waals surface area (Å²) in [7, 11) is 2.16. The van der Waals surface area contributed by atoms with Crippen molar-refractivity contribution in [3.05, 3.63) is 56.2 Å². The van der Waals surface area contributed by atoms with Crippen molar-refractivity contribution in [2.45, 2.75) is 26.6 Å². The van der Waals surface area contributed by atoms with Gasteiger partial charge < -0.3 is 5.32 Å². The predicted octanol–water partition coefficient (Wildman–Crippen LogP) is 4.25. The van der Waals surface area contributed by atoms with Crippen LogP contribution in [-0.2, 0) is 19.6 Å². The smallest absolute Gasteiger partial charge is 0.0245 e. The van der Waals surface area contributed by atoms with E-state index in [-0.39, 0.29) is 0 Å². The summed E-state index contributed by atoms with van der Waals surface area (Å²) in [5, 5.41) is 7.70. The third-order valence-electron chi connectivity index (χ3n) is 3.17. The number of hydrogen-bond acceptors (Lipinski definition) is 3. The summed E-state index contributed by atoms with van der Waals surface area (Å²) in [4.78, 5) is 2.34. The zero-order chi connectivity index (χ0) is 14.4. The minimum atomic E-state index is 0.931. The average Bonchev–Trinajstić information content (AvgIpc) is 2.92. The standard InChI is InChI=1S/C16H21BrN2S/c1-3-18-9-13-4-5-15(16(17)8-13)11-19(2)10-14-6-7-20-12-14/h4-8,12,18H,3,9-11H2,1-2H3. The first-order chi connectivity index (χ1) is 9.69. The van der Waals surface area contributed by atoms with Crippen LogP contribution < -0.4 is 5.32 Å². The Hall–Kier alpha value is -0.680. The van der Waals surface area contributed by atoms with E-state index in [2.05, 4.69) is 75.1 Å². The Bertz CT molecular complexity index is 525. The molecule has 0 radical (unpaired) electrons. The molecule has 0 spiro atoms. The first-order valence-electron chi connectivity index (χ1n) is 6.86. The lowest BCUT2D eigenvalue weighted by atomic mass is 10.1. The van der Waals surface area contributed by atoms with Gasteiger partial charge in [-0.2, -0.15) is 11.3 Å². The molecule has 2 aromatic rings. The van der Waals surface area contributed by atoms with Crippen molar-refractivity contribution in [1.29, 1.82) is 0 Å². The highest BCUT2D eigenvalue weighted by Gasteiger charge is 2.06. The van der Waals surface area contributed by atoms with Gasteiger partial charge in [0, 0.05) is 24.1 Å². The third-order valence-corrected chi connectivity index (χ3v) is 4.64. The highest BCUT2D eigenvalue weighted by Crippen LogP contribution is 2.21. The molecule has 1 heterocycles. The van der Waals surface area contributed by atoms with Gasteiger partial charge in [0.05, 0.1) is 0 Å². The molecule has 0 aliphatic carbocycles. The fourth-order valence-electron chi connectivity index (χ4n) is 2.14. The topological polar surface area (TPSA) is 15.3 Å². The van der Waals surface area contributed by atoms with E-state index in [0.29, 0.717) is 0 Å². The van der Waals surface area contributed by atoms with E-state index in [0.717, 1.165) is 26.2 Å². The minimum absolute atomic E-state index is 0.931. The molecule has 4 heteroatoms. The first-order valence-corrected chi connectivity index (χ1v) is 8.60. The largest absolute Gasteiger partial charge is 0.313 e. The average molecular weight is 353 g/mol. The Labute approximate surface area is 133 Å². The lowest BCUT2D eigenvalue weighted by Crippen LogP contribution is -2.17. The quantitative estimate of drug-likeness (QED) is 0.801. The number of rotatable bonds is 7. The summed E-state index contributed by atoms with van der Waals surface area (Å²) in [6, 6.07) is 8.84. The van der Waals surface area contributed by atoms with Crippen LogP contribution in [0.15, 0.2) is 39.5 Å². The molecular formula is C16H21BrN2S. The SMILES string of the molecule is CCNCc1ccc(CN(C)Cc2ccsc2)c(Br)c1. The summed E-state index contributed by atoms with van der Waals surface area (Å²) >= 11 is 5.45. The van der Waals surface area contributed by atoms with Gasteiger partial charge >= 0.3 is 0 Å². The van der Waals surface area contributed by atoms with Gasteiger partial charge in [0.25, 0.3) is 0 Å². The second kappa shape index (κ2) is 7.93. The van der Waals surface area contributed by atoms with Gasteiger partial charge in [-0.25, -0.2) is 0 Å². The predicted molar refractivity (Wildman–Crippen MR) is 91.0 cm³/mol. The van der Waals surface area contributed by atoms with Gasteiger partial charge in [-0.15, -0.1) is 0 Å². The maximum Gasteiger partial charge on any atom is 0.0245 e. The number of benzene rings is 1. The van der Waals surface area contributed by atoms with Crippen molar-refractivity contribution < 1.29 is 0 Å². The van der Waals surface area contributed by atoms with Crippen LogP contribution in [0.1, 0.15) is 23.6 Å². The fourth-order valence-corrected chi connectivity index (χ4v) is 3.35. The molecule has 1 aromatic heterocycles. The summed E-state index contributed by atoms with van der Waals surface area (Å²) < 4.78 is 1.20. The van der Waals surface area contributed by atoms with Crippen LogP contribution in [-0.4, -0.2) is 18.5 Å². The third kappa shape index (κ3) is 4.70. The van der Waals surface area contributed by atoms with Crippen LogP contribution in [0.2, 0.25) is 0 Å². The van der Waals surface area contributed by atoms with E-state index in [1.807, 2.05) is 0 Å². The number of nitrogens with zero attached hydrogens (tertiary/aromatic N) is 1. The number of hydrogen-bond donors (Lipinski definition) is 1. The summed E-state index contributed by atoms with van der Waals surface area (Å²) in [6.07, 6.45) is 0. The molecule has 0 bridgehead atoms. The Morgan fingerprint density at radius 2 is 2.05 bits per heavy atom. The molecule has 20 heavy (non-hydrogen) atoms. The van der Waals surface area contributed by atoms with Gasteiger partial charge in [0.15, 0.2) is 0 Å². The first kappa shape index (κ1) is 15.7. The van der Waals surface area contributed by atoms with Crippen molar-refractivity contribution in [3.8, 4) is 0 Å². The van der Waals surface area contributed by atoms with E-state index in [1.165, 1.54) is 21.2 Å². The fraction of sp³-hybridized carbons (Fsp3) is 0.375. The number of nitrogens with one attached hydrogen (secondary N) is 1. The number of thiophene rings is 1. The van der Waals surface area contributed by atoms with E-state index in [1.54, 1.807) is 11.3 Å². The molecule has 0 atom stereocenters. The maximum absolute atomic E-state index is 3.69. The van der Waals surface area contributed by atoms with E-state index >= 15 is 0 Å². The molecule has 0 amide bonds. The molecule has 0 aliphatic heterocycles. The van der Waals surface area contributed by atoms with Gasteiger partial charge in [0.1, 0.15) is 0 Å². The van der Waals surface area contributed by atoms with Crippen LogP contribution in [0.25, 0.3) is 0 Å². The van der Waals surface area contributed by atoms with Crippen molar-refractivity contribution in [2.24, 2.45) is 0 Å². The normalized spacial score (nSPS) is 11.2. The second-order valence-electron chi connectivity index (χ2n) is 5.01. The molecule has 2 rings (SSSR count). The monoisotopic (exact) mass is 352 g/mol. The van der Waals surface area contributed by atoms with Crippen LogP contribution in [0.5, 0.6) is 0 Å². The zero-order valence-electron chi connectivity index (χ0n) is 12.0. The van der Waals surface area contributed by atoms with Crippen LogP contribution in [0.4, 0.5) is 0 Å². The van der Waals surface area contributed by atoms with Crippen LogP contribution in [0, 0.1) is 0 Å². The molecule has 1 N–H and O–H groups in total. The van der Waals surface area contributed by atoms with Gasteiger partial charge in [-0.3, -0.25) is 4.90 Å². The van der Waals surface area contributed by atoms with Gasteiger partial charge in [-0.05, 0) is 53.2 Å². The van der Waals surface area contributed by atoms with Crippen molar-refractivity contribution >= 4 is 27.3 Å². The highest BCUT2D eigenvalue weighted by atomic mass is 79.9. The molecule has 0 fully saturated rings. The van der Waals surface area contributed by atoms with E-state index in [4.69, 9.17) is 0 Å². The lowest BCUT2D eigenvalue weighted by Gasteiger charge is -2.17. The zero-order valence-corrected chi connectivity index (χ0v) is 14.4. The molecule has 0 aliphatic rings. The van der Waals surface area contributed by atoms with Gasteiger partial charge in [0.2, 0.25) is 0 Å². The molecule has 0 saturated heterocycles. The van der Waals surface area contributed by atoms with E-state index in [9.17, 15) is 0 Å². The van der Waals surface area contributed by atoms with Crippen molar-refractivity contribution in [3.63, 3.8) is 0 Å². The second-order valence-corrected chi connectivity index (χ2v) is 6.64. The minimum Gasteiger partial charge on any atom is -0.313 e. The molecule has 108 valence electrons. The molecular weight excluding hydrogens is 332 g/mol. The maximum atomic E-state index is 3.69. The summed E-state index contributed by atoms with van der Waals surface area (Å²) in [5.74, 6) is 0. The summed E-state index contributed by atoms with van der Waals surface area (Å²) in [6.45, 7) is 6.01. The van der Waals surface area contributed by atoms with Crippen LogP contribution >= 0.6 is 27.3 Å². The molecule has 0 unspecified atom stereocenters. The van der Waals surface area contributed by atoms with Crippen molar-refractivity contribution in [2.75, 3.05) is 13.6 Å². The van der Waals surface area contributed by atoms with Crippen molar-refractivity contribution in [1.82, 2.24) is 10.2 Å². The van der Waals surface area contributed by atoms with Crippen LogP contribution in [0.3, 0.4) is 0 Å². The number of halogens is 1. The molecule has 1 aromatic carbocycles. The summed E-state index contributed by atoms with van der Waals surface area (Å²) in [5.41, 5.74) is 4.04. The Kier molecular flexibility index (Phi) is 6.23. The van der Waals surface area contributed by atoms with E-state index < -0.39 is 0 Å². The Morgan fingerprint density at radius 1 is 1.20 bits per heavy atom. The Morgan fingerprint density at radius 3 is 2.70 bits per heavy atom. The highest BCUT2D eigenvalue weighted by molar-refractivity contribution is 9.10. The Balaban J connectivity index is 1.95. The lowest BCUT2D eigenvalue weighted by molar-refractivity contribution is 0.319. The van der Waals surface area contributed by atoms with Gasteiger partial charge in [-0.1, -0.05) is 35.0 Å².